The van der Waals surface area contributed by atoms with Crippen LogP contribution in [0.25, 0.3) is 12.7 Å². The van der Waals surface area contributed by atoms with E-state index in [9.17, 15) is 0 Å². The number of rotatable bonds is 4. The predicted octanol–water partition coefficient (Wildman–Crippen LogP) is -0.889. The van der Waals surface area contributed by atoms with Gasteiger partial charge >= 0.3 is 119 Å². The van der Waals surface area contributed by atoms with Crippen LogP contribution in [0.5, 0.6) is 0 Å². The number of anilines is 1. The van der Waals surface area contributed by atoms with Crippen LogP contribution in [0.15, 0.2) is 22.9 Å². The molecule has 0 aliphatic carbocycles. The van der Waals surface area contributed by atoms with Gasteiger partial charge in [0.1, 0.15) is 0 Å². The van der Waals surface area contributed by atoms with Gasteiger partial charge in [-0.05, 0) is 0 Å². The van der Waals surface area contributed by atoms with Crippen LogP contribution < -0.4 is 22.0 Å². The minimum absolute atomic E-state index is 0.400. The molecule has 2 aromatic heterocycles. The Morgan fingerprint density at radius 3 is 2.89 bits per heavy atom. The number of furan rings is 1. The molecule has 0 aliphatic rings. The Morgan fingerprint density at radius 1 is 1.42 bits per heavy atom. The van der Waals surface area contributed by atoms with Crippen LogP contribution in [0.3, 0.4) is 0 Å². The van der Waals surface area contributed by atoms with E-state index >= 15 is 0 Å². The molecule has 97 valence electrons. The van der Waals surface area contributed by atoms with Gasteiger partial charge in [0.15, 0.2) is 0 Å². The van der Waals surface area contributed by atoms with Gasteiger partial charge in [-0.1, -0.05) is 0 Å². The summed E-state index contributed by atoms with van der Waals surface area (Å²) in [6.07, 6.45) is 3.96. The molecule has 2 heterocycles. The van der Waals surface area contributed by atoms with Crippen molar-refractivity contribution in [3.05, 3.63) is 40.5 Å². The molecule has 0 aliphatic heterocycles. The fraction of sp³-hybridized carbons (Fsp3) is 0.154. The van der Waals surface area contributed by atoms with Crippen LogP contribution in [0.1, 0.15) is 11.5 Å². The van der Waals surface area contributed by atoms with Gasteiger partial charge in [-0.15, -0.1) is 0 Å². The zero-order valence-electron chi connectivity index (χ0n) is 10.3. The molecule has 0 bridgehead atoms. The van der Waals surface area contributed by atoms with Crippen molar-refractivity contribution in [2.45, 2.75) is 6.42 Å². The molecule has 0 amide bonds. The number of nitrogens with two attached hydrogens (primary N) is 2. The van der Waals surface area contributed by atoms with Crippen LogP contribution >= 0.6 is 0 Å². The van der Waals surface area contributed by atoms with Crippen molar-refractivity contribution in [2.24, 2.45) is 5.73 Å². The minimum atomic E-state index is 0.400. The van der Waals surface area contributed by atoms with Crippen LogP contribution in [0.4, 0.5) is 5.82 Å². The zero-order chi connectivity index (χ0) is 13.8. The molecule has 0 atom stereocenters. The quantitative estimate of drug-likeness (QED) is 0.763. The SMILES string of the molecule is C=c1ncnc(N)c1=C[C](=[V])c1ccc(CCN)o1. The number of hydrogen-bond donors (Lipinski definition) is 2. The van der Waals surface area contributed by atoms with Gasteiger partial charge in [-0.2, -0.15) is 0 Å². The van der Waals surface area contributed by atoms with E-state index in [1.165, 1.54) is 6.33 Å². The molecule has 0 saturated heterocycles. The Bertz CT molecular complexity index is 708. The van der Waals surface area contributed by atoms with Crippen molar-refractivity contribution >= 4 is 22.7 Å². The molecule has 0 radical (unpaired) electrons. The van der Waals surface area contributed by atoms with Crippen LogP contribution in [0, 0.1) is 0 Å². The first-order valence-electron chi connectivity index (χ1n) is 5.74. The Kier molecular flexibility index (Phi) is 4.32. The molecule has 2 aromatic rings. The van der Waals surface area contributed by atoms with E-state index in [2.05, 4.69) is 33.5 Å². The third-order valence-corrected chi connectivity index (χ3v) is 3.13. The molecule has 5 nitrogen and oxygen atoms in total. The monoisotopic (exact) mass is 293 g/mol. The Morgan fingerprint density at radius 2 is 2.21 bits per heavy atom. The maximum atomic E-state index is 5.81. The van der Waals surface area contributed by atoms with Crippen molar-refractivity contribution in [1.82, 2.24) is 9.97 Å². The molecule has 0 saturated carbocycles. The fourth-order valence-electron chi connectivity index (χ4n) is 1.60. The molecule has 4 N–H and O–H groups in total. The Hall–Kier alpha value is -1.69. The summed E-state index contributed by atoms with van der Waals surface area (Å²) < 4.78 is 6.55. The summed E-state index contributed by atoms with van der Waals surface area (Å²) in [6, 6.07) is 3.82. The average molecular weight is 293 g/mol. The van der Waals surface area contributed by atoms with Gasteiger partial charge in [0.05, 0.1) is 0 Å². The number of aromatic nitrogens is 2. The number of nitrogen functional groups attached to an aromatic ring is 1. The molecule has 19 heavy (non-hydrogen) atoms. The summed E-state index contributed by atoms with van der Waals surface area (Å²) in [5.74, 6) is 2.02. The van der Waals surface area contributed by atoms with Gasteiger partial charge in [-0.25, -0.2) is 0 Å². The summed E-state index contributed by atoms with van der Waals surface area (Å²) in [6.45, 7) is 4.40. The maximum absolute atomic E-state index is 5.81. The third-order valence-electron chi connectivity index (χ3n) is 2.58. The van der Waals surface area contributed by atoms with Gasteiger partial charge in [0.2, 0.25) is 0 Å². The third kappa shape index (κ3) is 3.20. The van der Waals surface area contributed by atoms with E-state index in [1.807, 2.05) is 18.2 Å². The van der Waals surface area contributed by atoms with Gasteiger partial charge < -0.3 is 0 Å². The zero-order valence-corrected chi connectivity index (χ0v) is 11.7. The normalized spacial score (nSPS) is 11.7. The summed E-state index contributed by atoms with van der Waals surface area (Å²) in [4.78, 5) is 7.97. The van der Waals surface area contributed by atoms with Gasteiger partial charge in [0.25, 0.3) is 0 Å². The molecule has 0 unspecified atom stereocenters. The first kappa shape index (κ1) is 13.7. The first-order valence-corrected chi connectivity index (χ1v) is 6.44. The van der Waals surface area contributed by atoms with Crippen LogP contribution in [-0.4, -0.2) is 20.7 Å². The second kappa shape index (κ2) is 5.97. The van der Waals surface area contributed by atoms with Crippen molar-refractivity contribution < 1.29 is 21.4 Å². The van der Waals surface area contributed by atoms with Crippen molar-refractivity contribution in [3.63, 3.8) is 0 Å². The average Bonchev–Trinajstić information content (AvgIpc) is 2.83. The van der Waals surface area contributed by atoms with E-state index in [0.29, 0.717) is 22.9 Å². The fourth-order valence-corrected chi connectivity index (χ4v) is 1.99. The molecular weight excluding hydrogens is 279 g/mol. The number of nitrogens with zero attached hydrogens (tertiary/aromatic N) is 2. The van der Waals surface area contributed by atoms with E-state index in [0.717, 1.165) is 22.2 Å². The second-order valence-electron chi connectivity index (χ2n) is 3.95. The van der Waals surface area contributed by atoms with E-state index in [1.54, 1.807) is 0 Å². The summed E-state index contributed by atoms with van der Waals surface area (Å²) >= 11 is 2.45. The van der Waals surface area contributed by atoms with Crippen LogP contribution in [-0.2, 0) is 23.4 Å². The second-order valence-corrected chi connectivity index (χ2v) is 4.71. The van der Waals surface area contributed by atoms with E-state index in [-0.39, 0.29) is 0 Å². The van der Waals surface area contributed by atoms with Gasteiger partial charge in [-0.3, -0.25) is 0 Å². The molecule has 0 aromatic carbocycles. The first-order chi connectivity index (χ1) is 9.11. The summed E-state index contributed by atoms with van der Waals surface area (Å²) in [7, 11) is 0. The topological polar surface area (TPSA) is 91.0 Å². The molecule has 0 fully saturated rings. The van der Waals surface area contributed by atoms with Gasteiger partial charge in [0, 0.05) is 0 Å². The molecule has 2 rings (SSSR count). The molecular formula is C13H14N4OV. The number of hydrogen-bond acceptors (Lipinski definition) is 5. The Labute approximate surface area is 119 Å². The summed E-state index contributed by atoms with van der Waals surface area (Å²) in [5.41, 5.74) is 11.3. The van der Waals surface area contributed by atoms with E-state index in [4.69, 9.17) is 15.9 Å². The molecule has 6 heteroatoms. The van der Waals surface area contributed by atoms with Crippen molar-refractivity contribution in [1.29, 1.82) is 0 Å². The predicted molar refractivity (Wildman–Crippen MR) is 71.3 cm³/mol. The van der Waals surface area contributed by atoms with E-state index < -0.39 is 0 Å². The summed E-state index contributed by atoms with van der Waals surface area (Å²) in [5, 5.41) is 1.29. The van der Waals surface area contributed by atoms with Crippen LogP contribution in [0.2, 0.25) is 0 Å². The van der Waals surface area contributed by atoms with Crippen molar-refractivity contribution in [2.75, 3.05) is 12.3 Å². The molecule has 0 spiro atoms. The Balaban J connectivity index is 2.37. The van der Waals surface area contributed by atoms with Crippen molar-refractivity contribution in [3.8, 4) is 0 Å². The standard InChI is InChI=1S/C13H14N4O.V/c1-9-12(13(15)17-8-16-9)5-4-10-2-3-11(18-10)6-7-14;/h2-3,5,8H,1,6-7,14H2,(H2,15,16,17);.